The highest BCUT2D eigenvalue weighted by atomic mass is 16.5. The second-order valence-corrected chi connectivity index (χ2v) is 4.52. The van der Waals surface area contributed by atoms with Gasteiger partial charge in [-0.1, -0.05) is 0 Å². The molecule has 6 nitrogen and oxygen atoms in total. The first-order valence-electron chi connectivity index (χ1n) is 6.21. The van der Waals surface area contributed by atoms with E-state index in [-0.39, 0.29) is 24.4 Å². The first kappa shape index (κ1) is 14.5. The van der Waals surface area contributed by atoms with Crippen LogP contribution in [0.2, 0.25) is 0 Å². The third kappa shape index (κ3) is 3.72. The Balaban J connectivity index is 2.63. The fraction of sp³-hybridized carbons (Fsp3) is 0.750. The van der Waals surface area contributed by atoms with Crippen molar-refractivity contribution in [1.82, 2.24) is 10.2 Å². The molecule has 6 heteroatoms. The molecule has 102 valence electrons. The van der Waals surface area contributed by atoms with Gasteiger partial charge in [-0.05, 0) is 27.2 Å². The molecular formula is C12H20N2O4. The van der Waals surface area contributed by atoms with Crippen LogP contribution in [0.25, 0.3) is 0 Å². The maximum absolute atomic E-state index is 12.2. The molecule has 1 unspecified atom stereocenters. The van der Waals surface area contributed by atoms with Crippen LogP contribution in [-0.4, -0.2) is 47.9 Å². The van der Waals surface area contributed by atoms with Crippen molar-refractivity contribution in [2.45, 2.75) is 45.7 Å². The second-order valence-electron chi connectivity index (χ2n) is 4.52. The maximum Gasteiger partial charge on any atom is 0.325 e. The SMILES string of the molecule is CCOC(=O)CN(C(=O)C1CCC(=O)N1)C(C)C. The average Bonchev–Trinajstić information content (AvgIpc) is 2.72. The van der Waals surface area contributed by atoms with Crippen LogP contribution in [-0.2, 0) is 19.1 Å². The largest absolute Gasteiger partial charge is 0.465 e. The molecule has 0 aromatic carbocycles. The molecule has 1 heterocycles. The monoisotopic (exact) mass is 256 g/mol. The van der Waals surface area contributed by atoms with Crippen LogP contribution in [0.4, 0.5) is 0 Å². The Morgan fingerprint density at radius 2 is 2.17 bits per heavy atom. The second kappa shape index (κ2) is 6.37. The van der Waals surface area contributed by atoms with Crippen LogP contribution in [0.1, 0.15) is 33.6 Å². The lowest BCUT2D eigenvalue weighted by Gasteiger charge is -2.28. The lowest BCUT2D eigenvalue weighted by molar-refractivity contribution is -0.150. The molecule has 1 aliphatic rings. The molecule has 0 aromatic heterocycles. The molecule has 1 aliphatic heterocycles. The van der Waals surface area contributed by atoms with Gasteiger partial charge in [-0.15, -0.1) is 0 Å². The summed E-state index contributed by atoms with van der Waals surface area (Å²) in [6.45, 7) is 5.59. The smallest absolute Gasteiger partial charge is 0.325 e. The van der Waals surface area contributed by atoms with Crippen LogP contribution in [0.15, 0.2) is 0 Å². The summed E-state index contributed by atoms with van der Waals surface area (Å²) in [6, 6.07) is -0.617. The van der Waals surface area contributed by atoms with E-state index in [1.165, 1.54) is 4.90 Å². The summed E-state index contributed by atoms with van der Waals surface area (Å²) >= 11 is 0. The maximum atomic E-state index is 12.2. The molecule has 2 amide bonds. The zero-order valence-electron chi connectivity index (χ0n) is 11.1. The van der Waals surface area contributed by atoms with Crippen molar-refractivity contribution < 1.29 is 19.1 Å². The Morgan fingerprint density at radius 3 is 2.61 bits per heavy atom. The topological polar surface area (TPSA) is 75.7 Å². The molecule has 18 heavy (non-hydrogen) atoms. The number of hydrogen-bond donors (Lipinski definition) is 1. The van der Waals surface area contributed by atoms with E-state index in [2.05, 4.69) is 5.32 Å². The standard InChI is InChI=1S/C12H20N2O4/c1-4-18-11(16)7-14(8(2)3)12(17)9-5-6-10(15)13-9/h8-9H,4-7H2,1-3H3,(H,13,15). The van der Waals surface area contributed by atoms with Gasteiger partial charge in [-0.2, -0.15) is 0 Å². The number of ether oxygens (including phenoxy) is 1. The molecule has 1 saturated heterocycles. The molecule has 0 aliphatic carbocycles. The van der Waals surface area contributed by atoms with Gasteiger partial charge in [0.05, 0.1) is 6.61 Å². The number of carbonyl (C=O) groups is 3. The average molecular weight is 256 g/mol. The van der Waals surface area contributed by atoms with E-state index in [1.807, 2.05) is 13.8 Å². The Kier molecular flexibility index (Phi) is 5.12. The minimum atomic E-state index is -0.505. The molecule has 0 aromatic rings. The van der Waals surface area contributed by atoms with Gasteiger partial charge in [0.1, 0.15) is 12.6 Å². The summed E-state index contributed by atoms with van der Waals surface area (Å²) in [5, 5.41) is 2.61. The molecule has 0 radical (unpaired) electrons. The van der Waals surface area contributed by atoms with Gasteiger partial charge in [0.25, 0.3) is 0 Å². The fourth-order valence-corrected chi connectivity index (χ4v) is 1.86. The first-order chi connectivity index (χ1) is 8.45. The Labute approximate surface area is 107 Å². The van der Waals surface area contributed by atoms with E-state index in [1.54, 1.807) is 6.92 Å². The highest BCUT2D eigenvalue weighted by molar-refractivity contribution is 5.92. The van der Waals surface area contributed by atoms with Crippen LogP contribution in [0, 0.1) is 0 Å². The summed E-state index contributed by atoms with van der Waals surface area (Å²) in [6.07, 6.45) is 0.853. The van der Waals surface area contributed by atoms with Crippen molar-refractivity contribution in [3.8, 4) is 0 Å². The molecule has 1 N–H and O–H groups in total. The van der Waals surface area contributed by atoms with Crippen molar-refractivity contribution in [2.75, 3.05) is 13.2 Å². The van der Waals surface area contributed by atoms with Crippen molar-refractivity contribution in [2.24, 2.45) is 0 Å². The zero-order chi connectivity index (χ0) is 13.7. The van der Waals surface area contributed by atoms with Crippen molar-refractivity contribution in [1.29, 1.82) is 0 Å². The fourth-order valence-electron chi connectivity index (χ4n) is 1.86. The van der Waals surface area contributed by atoms with Crippen molar-refractivity contribution in [3.05, 3.63) is 0 Å². The number of rotatable bonds is 5. The Bertz CT molecular complexity index is 341. The Hall–Kier alpha value is -1.59. The van der Waals surface area contributed by atoms with Crippen LogP contribution < -0.4 is 5.32 Å². The molecular weight excluding hydrogens is 236 g/mol. The normalized spacial score (nSPS) is 18.7. The van der Waals surface area contributed by atoms with Crippen LogP contribution in [0.3, 0.4) is 0 Å². The Morgan fingerprint density at radius 1 is 1.50 bits per heavy atom. The van der Waals surface area contributed by atoms with Gasteiger partial charge >= 0.3 is 5.97 Å². The zero-order valence-corrected chi connectivity index (χ0v) is 11.1. The molecule has 1 atom stereocenters. The minimum Gasteiger partial charge on any atom is -0.465 e. The van der Waals surface area contributed by atoms with E-state index in [0.717, 1.165) is 0 Å². The van der Waals surface area contributed by atoms with E-state index in [4.69, 9.17) is 4.74 Å². The lowest BCUT2D eigenvalue weighted by Crippen LogP contribution is -2.49. The highest BCUT2D eigenvalue weighted by Gasteiger charge is 2.32. The molecule has 0 saturated carbocycles. The van der Waals surface area contributed by atoms with Crippen molar-refractivity contribution in [3.63, 3.8) is 0 Å². The van der Waals surface area contributed by atoms with Gasteiger partial charge in [0, 0.05) is 12.5 Å². The van der Waals surface area contributed by atoms with Gasteiger partial charge < -0.3 is 15.0 Å². The summed E-state index contributed by atoms with van der Waals surface area (Å²) in [7, 11) is 0. The number of nitrogens with zero attached hydrogens (tertiary/aromatic N) is 1. The van der Waals surface area contributed by atoms with Gasteiger partial charge in [-0.25, -0.2) is 0 Å². The number of carbonyl (C=O) groups excluding carboxylic acids is 3. The van der Waals surface area contributed by atoms with E-state index in [0.29, 0.717) is 19.4 Å². The van der Waals surface area contributed by atoms with Crippen LogP contribution in [0.5, 0.6) is 0 Å². The number of esters is 1. The predicted octanol–water partition coefficient (Wildman–Crippen LogP) is 0.0651. The predicted molar refractivity (Wildman–Crippen MR) is 64.6 cm³/mol. The molecule has 0 bridgehead atoms. The first-order valence-corrected chi connectivity index (χ1v) is 6.21. The molecule has 1 rings (SSSR count). The quantitative estimate of drug-likeness (QED) is 0.706. The highest BCUT2D eigenvalue weighted by Crippen LogP contribution is 2.12. The van der Waals surface area contributed by atoms with Gasteiger partial charge in [-0.3, -0.25) is 14.4 Å². The third-order valence-electron chi connectivity index (χ3n) is 2.80. The molecule has 1 fully saturated rings. The summed E-state index contributed by atoms with van der Waals surface area (Å²) in [4.78, 5) is 36.2. The number of nitrogens with one attached hydrogen (secondary N) is 1. The van der Waals surface area contributed by atoms with E-state index in [9.17, 15) is 14.4 Å². The number of hydrogen-bond acceptors (Lipinski definition) is 4. The molecule has 0 spiro atoms. The van der Waals surface area contributed by atoms with Crippen LogP contribution >= 0.6 is 0 Å². The summed E-state index contributed by atoms with van der Waals surface area (Å²) in [5.74, 6) is -0.763. The third-order valence-corrected chi connectivity index (χ3v) is 2.80. The van der Waals surface area contributed by atoms with E-state index >= 15 is 0 Å². The van der Waals surface area contributed by atoms with E-state index < -0.39 is 12.0 Å². The van der Waals surface area contributed by atoms with Gasteiger partial charge in [0.2, 0.25) is 11.8 Å². The van der Waals surface area contributed by atoms with Crippen molar-refractivity contribution >= 4 is 17.8 Å². The minimum absolute atomic E-state index is 0.0727. The lowest BCUT2D eigenvalue weighted by atomic mass is 10.1. The van der Waals surface area contributed by atoms with Gasteiger partial charge in [0.15, 0.2) is 0 Å². The summed E-state index contributed by atoms with van der Waals surface area (Å²) in [5.41, 5.74) is 0. The number of amides is 2. The summed E-state index contributed by atoms with van der Waals surface area (Å²) < 4.78 is 4.84.